The molecule has 0 aromatic heterocycles. The molecule has 7 heteroatoms. The molecule has 0 aliphatic carbocycles. The minimum Gasteiger partial charge on any atom is -0.324 e. The lowest BCUT2D eigenvalue weighted by molar-refractivity contribution is -0.149. The monoisotopic (exact) mass is 197 g/mol. The second-order valence-electron chi connectivity index (χ2n) is 2.17. The van der Waals surface area contributed by atoms with Crippen LogP contribution in [0.3, 0.4) is 0 Å². The van der Waals surface area contributed by atoms with Crippen molar-refractivity contribution >= 4 is 14.0 Å². The number of carbonyl (C=O) groups excluding carboxylic acids is 1. The van der Waals surface area contributed by atoms with Crippen molar-refractivity contribution in [1.29, 1.82) is 0 Å². The number of carbonyl (C=O) groups is 1. The Balaban J connectivity index is 3.56. The van der Waals surface area contributed by atoms with Gasteiger partial charge in [-0.05, 0) is 6.42 Å². The molecule has 1 atom stereocenters. The first-order valence-electron chi connectivity index (χ1n) is 3.30. The molecule has 0 spiro atoms. The highest BCUT2D eigenvalue weighted by Gasteiger charge is 2.16. The van der Waals surface area contributed by atoms with Crippen molar-refractivity contribution in [2.75, 3.05) is 19.8 Å². The molecule has 1 amide bonds. The molecule has 1 unspecified atom stereocenters. The van der Waals surface area contributed by atoms with Crippen LogP contribution in [0.15, 0.2) is 0 Å². The number of hydrogen-bond acceptors (Lipinski definition) is 4. The van der Waals surface area contributed by atoms with E-state index in [0.717, 1.165) is 7.11 Å². The Morgan fingerprint density at radius 1 is 1.67 bits per heavy atom. The third-order valence-electron chi connectivity index (χ3n) is 1.23. The zero-order valence-corrected chi connectivity index (χ0v) is 7.61. The quantitative estimate of drug-likeness (QED) is 0.272. The van der Waals surface area contributed by atoms with Crippen LogP contribution in [0.1, 0.15) is 6.42 Å². The summed E-state index contributed by atoms with van der Waals surface area (Å²) in [6, 6.07) is 0. The summed E-state index contributed by atoms with van der Waals surface area (Å²) >= 11 is 0. The van der Waals surface area contributed by atoms with E-state index in [4.69, 9.17) is 10.1 Å². The number of rotatable bonds is 6. The fraction of sp³-hybridized carbons (Fsp3) is 0.800. The molecule has 12 heavy (non-hydrogen) atoms. The molecule has 0 rings (SSSR count). The van der Waals surface area contributed by atoms with Crippen LogP contribution in [0, 0.1) is 0 Å². The molecular formula is C5H12NO5P. The maximum atomic E-state index is 10.8. The van der Waals surface area contributed by atoms with Gasteiger partial charge in [-0.3, -0.25) is 14.6 Å². The van der Waals surface area contributed by atoms with Gasteiger partial charge in [-0.25, -0.2) is 5.06 Å². The number of hydroxylamine groups is 2. The zero-order chi connectivity index (χ0) is 9.61. The summed E-state index contributed by atoms with van der Waals surface area (Å²) in [4.78, 5) is 18.7. The minimum absolute atomic E-state index is 0.0252. The normalized spacial score (nSPS) is 15.2. The summed E-state index contributed by atoms with van der Waals surface area (Å²) in [5.74, 6) is 0. The third-order valence-corrected chi connectivity index (χ3v) is 2.69. The SMILES string of the molecule is COP(=O)(O)CCCN(O)C=O. The van der Waals surface area contributed by atoms with Crippen LogP contribution < -0.4 is 0 Å². The van der Waals surface area contributed by atoms with E-state index in [1.165, 1.54) is 0 Å². The van der Waals surface area contributed by atoms with Crippen molar-refractivity contribution < 1.29 is 24.0 Å². The third kappa shape index (κ3) is 5.26. The fourth-order valence-corrected chi connectivity index (χ4v) is 1.30. The Morgan fingerprint density at radius 2 is 2.25 bits per heavy atom. The summed E-state index contributed by atoms with van der Waals surface area (Å²) in [5, 5.41) is 8.99. The molecule has 0 aromatic carbocycles. The second-order valence-corrected chi connectivity index (χ2v) is 4.25. The van der Waals surface area contributed by atoms with Gasteiger partial charge in [0.1, 0.15) is 0 Å². The molecule has 0 bridgehead atoms. The Kier molecular flexibility index (Phi) is 5.08. The van der Waals surface area contributed by atoms with Gasteiger partial charge < -0.3 is 9.42 Å². The molecule has 6 nitrogen and oxygen atoms in total. The molecule has 0 aliphatic heterocycles. The Bertz CT molecular complexity index is 185. The molecule has 0 heterocycles. The largest absolute Gasteiger partial charge is 0.327 e. The lowest BCUT2D eigenvalue weighted by Crippen LogP contribution is -2.18. The van der Waals surface area contributed by atoms with E-state index < -0.39 is 7.60 Å². The topological polar surface area (TPSA) is 87.1 Å². The predicted octanol–water partition coefficient (Wildman–Crippen LogP) is 0.0559. The Hall–Kier alpha value is -0.420. The summed E-state index contributed by atoms with van der Waals surface area (Å²) in [6.45, 7) is 0.0252. The number of nitrogens with zero attached hydrogens (tertiary/aromatic N) is 1. The van der Waals surface area contributed by atoms with E-state index in [2.05, 4.69) is 4.52 Å². The van der Waals surface area contributed by atoms with Crippen molar-refractivity contribution in [3.05, 3.63) is 0 Å². The van der Waals surface area contributed by atoms with Crippen LogP contribution in [0.4, 0.5) is 0 Å². The van der Waals surface area contributed by atoms with Crippen molar-refractivity contribution in [1.82, 2.24) is 5.06 Å². The standard InChI is InChI=1S/C5H12NO5P/c1-11-12(9,10)4-2-3-6(8)5-7/h5,8H,2-4H2,1H3,(H,9,10). The molecule has 0 saturated heterocycles. The smallest absolute Gasteiger partial charge is 0.324 e. The van der Waals surface area contributed by atoms with E-state index >= 15 is 0 Å². The first-order chi connectivity index (χ1) is 5.52. The van der Waals surface area contributed by atoms with Gasteiger partial charge in [0.05, 0.1) is 6.16 Å². The minimum atomic E-state index is -3.49. The highest BCUT2D eigenvalue weighted by atomic mass is 31.2. The molecule has 72 valence electrons. The summed E-state index contributed by atoms with van der Waals surface area (Å²) in [5.41, 5.74) is 0. The highest BCUT2D eigenvalue weighted by molar-refractivity contribution is 7.52. The van der Waals surface area contributed by atoms with E-state index in [9.17, 15) is 9.36 Å². The molecule has 0 radical (unpaired) electrons. The zero-order valence-electron chi connectivity index (χ0n) is 6.71. The van der Waals surface area contributed by atoms with Gasteiger partial charge in [0.2, 0.25) is 6.41 Å². The van der Waals surface area contributed by atoms with Crippen LogP contribution in [-0.4, -0.2) is 41.4 Å². The number of hydrogen-bond donors (Lipinski definition) is 2. The lowest BCUT2D eigenvalue weighted by atomic mass is 10.5. The molecule has 0 aliphatic rings. The van der Waals surface area contributed by atoms with Crippen LogP contribution >= 0.6 is 7.60 Å². The Morgan fingerprint density at radius 3 is 2.67 bits per heavy atom. The fourth-order valence-electron chi connectivity index (χ4n) is 0.577. The van der Waals surface area contributed by atoms with Crippen molar-refractivity contribution in [2.24, 2.45) is 0 Å². The summed E-state index contributed by atoms with van der Waals surface area (Å²) in [6.07, 6.45) is 0.375. The van der Waals surface area contributed by atoms with Crippen LogP contribution in [0.25, 0.3) is 0 Å². The molecule has 2 N–H and O–H groups in total. The van der Waals surface area contributed by atoms with Gasteiger partial charge in [0.25, 0.3) is 0 Å². The summed E-state index contributed by atoms with van der Waals surface area (Å²) in [7, 11) is -2.36. The Labute approximate surface area is 70.2 Å². The predicted molar refractivity (Wildman–Crippen MR) is 40.9 cm³/mol. The van der Waals surface area contributed by atoms with Crippen molar-refractivity contribution in [3.63, 3.8) is 0 Å². The van der Waals surface area contributed by atoms with Gasteiger partial charge in [0, 0.05) is 13.7 Å². The van der Waals surface area contributed by atoms with Crippen molar-refractivity contribution in [3.8, 4) is 0 Å². The van der Waals surface area contributed by atoms with Crippen LogP contribution in [0.5, 0.6) is 0 Å². The van der Waals surface area contributed by atoms with Gasteiger partial charge in [0.15, 0.2) is 0 Å². The van der Waals surface area contributed by atoms with Gasteiger partial charge in [-0.2, -0.15) is 0 Å². The van der Waals surface area contributed by atoms with Gasteiger partial charge in [-0.1, -0.05) is 0 Å². The van der Waals surface area contributed by atoms with E-state index in [-0.39, 0.29) is 25.5 Å². The van der Waals surface area contributed by atoms with E-state index in [0.29, 0.717) is 5.06 Å². The first kappa shape index (κ1) is 11.6. The van der Waals surface area contributed by atoms with E-state index in [1.807, 2.05) is 0 Å². The van der Waals surface area contributed by atoms with Gasteiger partial charge >= 0.3 is 7.60 Å². The maximum absolute atomic E-state index is 10.8. The lowest BCUT2D eigenvalue weighted by Gasteiger charge is -2.10. The highest BCUT2D eigenvalue weighted by Crippen LogP contribution is 2.40. The van der Waals surface area contributed by atoms with Crippen molar-refractivity contribution in [2.45, 2.75) is 6.42 Å². The first-order valence-corrected chi connectivity index (χ1v) is 5.06. The molecule has 0 saturated carbocycles. The molecular weight excluding hydrogens is 185 g/mol. The number of amides is 1. The maximum Gasteiger partial charge on any atom is 0.327 e. The van der Waals surface area contributed by atoms with Crippen LogP contribution in [0.2, 0.25) is 0 Å². The average Bonchev–Trinajstić information content (AvgIpc) is 2.04. The van der Waals surface area contributed by atoms with E-state index in [1.54, 1.807) is 0 Å². The second kappa shape index (κ2) is 5.27. The summed E-state index contributed by atoms with van der Waals surface area (Å²) < 4.78 is 15.1. The van der Waals surface area contributed by atoms with Crippen LogP contribution in [-0.2, 0) is 13.9 Å². The molecule has 0 aromatic rings. The molecule has 0 fully saturated rings. The van der Waals surface area contributed by atoms with Gasteiger partial charge in [-0.15, -0.1) is 0 Å². The average molecular weight is 197 g/mol.